The van der Waals surface area contributed by atoms with Crippen molar-refractivity contribution in [3.8, 4) is 0 Å². The SMILES string of the molecule is CC(C)(F)CCC(/C=N/S(=O)(=O)CN)CC(O)C(Cc1ccccc1)NC(=O)c1cnc2ccccc2n1. The lowest BCUT2D eigenvalue weighted by Gasteiger charge is -2.27. The van der Waals surface area contributed by atoms with Crippen molar-refractivity contribution in [1.29, 1.82) is 0 Å². The van der Waals surface area contributed by atoms with Gasteiger partial charge in [-0.15, -0.1) is 0 Å². The van der Waals surface area contributed by atoms with Crippen LogP contribution in [-0.2, 0) is 16.4 Å². The summed E-state index contributed by atoms with van der Waals surface area (Å²) in [4.78, 5) is 21.8. The third kappa shape index (κ3) is 9.23. The van der Waals surface area contributed by atoms with Gasteiger partial charge in [0.1, 0.15) is 17.2 Å². The van der Waals surface area contributed by atoms with Gasteiger partial charge in [0, 0.05) is 6.21 Å². The average molecular weight is 544 g/mol. The molecule has 38 heavy (non-hydrogen) atoms. The van der Waals surface area contributed by atoms with Crippen LogP contribution in [0, 0.1) is 5.92 Å². The van der Waals surface area contributed by atoms with Crippen LogP contribution in [-0.4, -0.2) is 59.3 Å². The standard InChI is InChI=1S/C27H34FN5O4S/c1-27(2,28)13-12-20(16-31-38(36,37)18-29)15-25(34)23(14-19-8-4-3-5-9-19)33-26(35)24-17-30-21-10-6-7-11-22(21)32-24/h3-11,16-17,20,23,25,34H,12-15,18,29H2,1-2H3,(H,33,35)/b31-16+. The molecule has 0 radical (unpaired) electrons. The number of carbonyl (C=O) groups excluding carboxylic acids is 1. The van der Waals surface area contributed by atoms with E-state index in [-0.39, 0.29) is 25.0 Å². The van der Waals surface area contributed by atoms with Crippen molar-refractivity contribution in [3.05, 3.63) is 72.1 Å². The molecule has 0 aliphatic carbocycles. The van der Waals surface area contributed by atoms with Crippen LogP contribution in [0.25, 0.3) is 11.0 Å². The number of benzene rings is 2. The zero-order chi connectivity index (χ0) is 27.8. The van der Waals surface area contributed by atoms with Gasteiger partial charge < -0.3 is 16.2 Å². The number of nitrogens with two attached hydrogens (primary N) is 1. The summed E-state index contributed by atoms with van der Waals surface area (Å²) >= 11 is 0. The zero-order valence-electron chi connectivity index (χ0n) is 21.5. The summed E-state index contributed by atoms with van der Waals surface area (Å²) in [5.74, 6) is -1.74. The van der Waals surface area contributed by atoms with Gasteiger partial charge >= 0.3 is 0 Å². The molecular weight excluding hydrogens is 509 g/mol. The van der Waals surface area contributed by atoms with Crippen molar-refractivity contribution in [1.82, 2.24) is 15.3 Å². The number of aliphatic hydroxyl groups excluding tert-OH is 1. The minimum atomic E-state index is -3.86. The van der Waals surface area contributed by atoms with E-state index in [0.717, 1.165) is 5.56 Å². The molecule has 9 nitrogen and oxygen atoms in total. The van der Waals surface area contributed by atoms with E-state index in [2.05, 4.69) is 19.7 Å². The summed E-state index contributed by atoms with van der Waals surface area (Å²) in [5.41, 5.74) is 5.94. The number of rotatable bonds is 13. The topological polar surface area (TPSA) is 148 Å². The second-order valence-corrected chi connectivity index (χ2v) is 11.5. The quantitative estimate of drug-likeness (QED) is 0.281. The van der Waals surface area contributed by atoms with Crippen molar-refractivity contribution in [2.24, 2.45) is 16.0 Å². The number of alkyl halides is 1. The molecule has 0 bridgehead atoms. The summed E-state index contributed by atoms with van der Waals surface area (Å²) in [6.45, 7) is 2.86. The smallest absolute Gasteiger partial charge is 0.271 e. The van der Waals surface area contributed by atoms with E-state index < -0.39 is 45.5 Å². The number of fused-ring (bicyclic) bond motifs is 1. The monoisotopic (exact) mass is 543 g/mol. The Morgan fingerprint density at radius 2 is 1.82 bits per heavy atom. The van der Waals surface area contributed by atoms with Gasteiger partial charge in [-0.1, -0.05) is 42.5 Å². The first-order chi connectivity index (χ1) is 18.0. The lowest BCUT2D eigenvalue weighted by atomic mass is 9.89. The number of sulfonamides is 1. The Kier molecular flexibility index (Phi) is 10.0. The maximum Gasteiger partial charge on any atom is 0.271 e. The normalized spacial score (nSPS) is 14.9. The van der Waals surface area contributed by atoms with Crippen molar-refractivity contribution >= 4 is 33.2 Å². The number of aromatic nitrogens is 2. The number of hydrogen-bond donors (Lipinski definition) is 3. The van der Waals surface area contributed by atoms with Crippen LogP contribution < -0.4 is 11.1 Å². The van der Waals surface area contributed by atoms with Crippen molar-refractivity contribution in [3.63, 3.8) is 0 Å². The predicted octanol–water partition coefficient (Wildman–Crippen LogP) is 3.18. The van der Waals surface area contributed by atoms with Crippen LogP contribution in [0.3, 0.4) is 0 Å². The van der Waals surface area contributed by atoms with E-state index in [1.54, 1.807) is 18.2 Å². The number of para-hydroxylation sites is 2. The van der Waals surface area contributed by atoms with Gasteiger partial charge in [0.2, 0.25) is 0 Å². The van der Waals surface area contributed by atoms with Gasteiger partial charge in [-0.3, -0.25) is 9.78 Å². The summed E-state index contributed by atoms with van der Waals surface area (Å²) in [5, 5.41) is 14.1. The van der Waals surface area contributed by atoms with Crippen molar-refractivity contribution in [2.75, 3.05) is 5.88 Å². The van der Waals surface area contributed by atoms with Gasteiger partial charge in [0.15, 0.2) is 0 Å². The first-order valence-corrected chi connectivity index (χ1v) is 14.0. The Morgan fingerprint density at radius 3 is 2.47 bits per heavy atom. The highest BCUT2D eigenvalue weighted by Crippen LogP contribution is 2.23. The summed E-state index contributed by atoms with van der Waals surface area (Å²) < 4.78 is 41.5. The average Bonchev–Trinajstić information content (AvgIpc) is 2.89. The molecule has 1 amide bonds. The molecule has 0 saturated carbocycles. The number of amides is 1. The largest absolute Gasteiger partial charge is 0.391 e. The second kappa shape index (κ2) is 13.0. The van der Waals surface area contributed by atoms with Gasteiger partial charge in [-0.2, -0.15) is 4.40 Å². The van der Waals surface area contributed by atoms with Crippen LogP contribution in [0.5, 0.6) is 0 Å². The first kappa shape index (κ1) is 29.3. The first-order valence-electron chi connectivity index (χ1n) is 12.4. The summed E-state index contributed by atoms with van der Waals surface area (Å²) in [6, 6.07) is 15.7. The van der Waals surface area contributed by atoms with Crippen LogP contribution in [0.2, 0.25) is 0 Å². The molecule has 0 aliphatic heterocycles. The molecular formula is C27H34FN5O4S. The highest BCUT2D eigenvalue weighted by molar-refractivity contribution is 7.90. The van der Waals surface area contributed by atoms with E-state index >= 15 is 0 Å². The molecule has 1 aromatic heterocycles. The maximum atomic E-state index is 14.2. The predicted molar refractivity (Wildman–Crippen MR) is 146 cm³/mol. The van der Waals surface area contributed by atoms with Crippen molar-refractivity contribution in [2.45, 2.75) is 57.3 Å². The van der Waals surface area contributed by atoms with Gasteiger partial charge in [-0.05, 0) is 63.1 Å². The molecule has 204 valence electrons. The van der Waals surface area contributed by atoms with E-state index in [9.17, 15) is 22.7 Å². The molecule has 0 aliphatic rings. The van der Waals surface area contributed by atoms with E-state index in [1.165, 1.54) is 26.3 Å². The fourth-order valence-electron chi connectivity index (χ4n) is 3.94. The molecule has 4 N–H and O–H groups in total. The lowest BCUT2D eigenvalue weighted by molar-refractivity contribution is 0.0777. The van der Waals surface area contributed by atoms with E-state index in [1.807, 2.05) is 36.4 Å². The number of hydrogen-bond acceptors (Lipinski definition) is 7. The molecule has 3 atom stereocenters. The molecule has 0 fully saturated rings. The molecule has 3 aromatic rings. The maximum absolute atomic E-state index is 14.2. The number of nitrogens with zero attached hydrogens (tertiary/aromatic N) is 3. The molecule has 11 heteroatoms. The Hall–Kier alpha value is -3.28. The lowest BCUT2D eigenvalue weighted by Crippen LogP contribution is -2.46. The fraction of sp³-hybridized carbons (Fsp3) is 0.407. The van der Waals surface area contributed by atoms with Gasteiger partial charge in [-0.25, -0.2) is 17.8 Å². The molecule has 2 aromatic carbocycles. The van der Waals surface area contributed by atoms with Crippen LogP contribution in [0.4, 0.5) is 4.39 Å². The molecule has 0 saturated heterocycles. The highest BCUT2D eigenvalue weighted by atomic mass is 32.2. The molecule has 0 spiro atoms. The van der Waals surface area contributed by atoms with Crippen LogP contribution in [0.1, 0.15) is 49.2 Å². The zero-order valence-corrected chi connectivity index (χ0v) is 22.3. The Labute approximate surface area is 222 Å². The third-order valence-corrected chi connectivity index (χ3v) is 6.92. The van der Waals surface area contributed by atoms with E-state index in [4.69, 9.17) is 5.73 Å². The second-order valence-electron chi connectivity index (χ2n) is 9.84. The molecule has 3 rings (SSSR count). The van der Waals surface area contributed by atoms with Gasteiger partial charge in [0.25, 0.3) is 15.9 Å². The van der Waals surface area contributed by atoms with Crippen molar-refractivity contribution < 1.29 is 22.7 Å². The fourth-order valence-corrected chi connectivity index (χ4v) is 4.38. The summed E-state index contributed by atoms with van der Waals surface area (Å²) in [7, 11) is -3.86. The Bertz CT molecular complexity index is 1350. The van der Waals surface area contributed by atoms with Crippen LogP contribution >= 0.6 is 0 Å². The Balaban J connectivity index is 1.83. The number of halogens is 1. The Morgan fingerprint density at radius 1 is 1.16 bits per heavy atom. The minimum Gasteiger partial charge on any atom is -0.391 e. The highest BCUT2D eigenvalue weighted by Gasteiger charge is 2.27. The van der Waals surface area contributed by atoms with E-state index in [0.29, 0.717) is 17.5 Å². The minimum absolute atomic E-state index is 0.0425. The molecule has 3 unspecified atom stereocenters. The van der Waals surface area contributed by atoms with Crippen LogP contribution in [0.15, 0.2) is 65.2 Å². The summed E-state index contributed by atoms with van der Waals surface area (Å²) in [6.07, 6.45) is 2.18. The molecule has 1 heterocycles. The number of nitrogens with one attached hydrogen (secondary N) is 1. The number of aliphatic hydroxyl groups is 1. The number of carbonyl (C=O) groups is 1. The third-order valence-electron chi connectivity index (χ3n) is 6.06. The van der Waals surface area contributed by atoms with Gasteiger partial charge in [0.05, 0.1) is 29.4 Å².